The quantitative estimate of drug-likeness (QED) is 0.0211. The van der Waals surface area contributed by atoms with Gasteiger partial charge in [0, 0.05) is 12.8 Å². The number of rotatable bonds is 74. The standard InChI is InChI=1S/C88H151NO8/c1-6-8-10-12-14-16-18-20-22-24-26-28-30-32-34-36-38-39-40-41-42-43-44-45-46-47-49-50-52-54-56-58-60-62-64-66-68-70-72-74-76-78-85(90)95-82-84(83-96-88(87(92)93)94-81-80-89(3,4)5)97-86(91)79-77-75-73-71-69-67-65-63-61-59-57-55-53-51-48-37-35-33-31-29-27-25-23-21-19-17-15-13-11-9-7-2/h9,11,15,17-18,20-21,23-24,26-27,29-30,32-33,35,48,51,55,57,61,63,84,88H,6-8,10,12-14,16,19,22,25,28,31,34,36-47,49-50,52-54,56,58-60,62,64-83H2,1-5H3/p+1/b11-9-,17-15-,20-18-,23-21-,26-24-,29-27-,32-30-,35-33-,51-48-,57-55-,63-61-. The largest absolute Gasteiger partial charge is 0.477 e. The van der Waals surface area contributed by atoms with Crippen molar-refractivity contribution in [3.63, 3.8) is 0 Å². The summed E-state index contributed by atoms with van der Waals surface area (Å²) in [6.45, 7) is 4.76. The highest BCUT2D eigenvalue weighted by atomic mass is 16.7. The van der Waals surface area contributed by atoms with Gasteiger partial charge in [0.25, 0.3) is 6.29 Å². The highest BCUT2D eigenvalue weighted by Gasteiger charge is 2.25. The predicted octanol–water partition coefficient (Wildman–Crippen LogP) is 26.0. The van der Waals surface area contributed by atoms with Crippen LogP contribution in [0.15, 0.2) is 134 Å². The number of likely N-dealkylation sites (N-methyl/N-ethyl adjacent to an activating group) is 1. The summed E-state index contributed by atoms with van der Waals surface area (Å²) in [5.41, 5.74) is 0. The first kappa shape index (κ1) is 92.4. The second-order valence-corrected chi connectivity index (χ2v) is 28.0. The maximum atomic E-state index is 13.0. The average Bonchev–Trinajstić information content (AvgIpc) is 2.39. The maximum absolute atomic E-state index is 13.0. The molecule has 0 aliphatic carbocycles. The smallest absolute Gasteiger partial charge is 0.361 e. The topological polar surface area (TPSA) is 108 Å². The van der Waals surface area contributed by atoms with Crippen LogP contribution in [0.3, 0.4) is 0 Å². The summed E-state index contributed by atoms with van der Waals surface area (Å²) in [6.07, 6.45) is 109. The third-order valence-corrected chi connectivity index (χ3v) is 17.4. The third-order valence-electron chi connectivity index (χ3n) is 17.4. The number of esters is 2. The van der Waals surface area contributed by atoms with Crippen molar-refractivity contribution in [2.24, 2.45) is 0 Å². The van der Waals surface area contributed by atoms with Crippen molar-refractivity contribution in [3.05, 3.63) is 134 Å². The van der Waals surface area contributed by atoms with Gasteiger partial charge < -0.3 is 28.5 Å². The lowest BCUT2D eigenvalue weighted by Crippen LogP contribution is -2.40. The van der Waals surface area contributed by atoms with E-state index < -0.39 is 24.3 Å². The van der Waals surface area contributed by atoms with Crippen LogP contribution in [-0.2, 0) is 33.3 Å². The lowest BCUT2D eigenvalue weighted by molar-refractivity contribution is -0.870. The number of nitrogens with zero attached hydrogens (tertiary/aromatic N) is 1. The minimum absolute atomic E-state index is 0.180. The third kappa shape index (κ3) is 78.6. The zero-order chi connectivity index (χ0) is 70.4. The molecule has 9 heteroatoms. The van der Waals surface area contributed by atoms with Gasteiger partial charge in [-0.3, -0.25) is 9.59 Å². The predicted molar refractivity (Wildman–Crippen MR) is 419 cm³/mol. The minimum Gasteiger partial charge on any atom is -0.477 e. The molecule has 556 valence electrons. The lowest BCUT2D eigenvalue weighted by atomic mass is 10.0. The molecule has 0 rings (SSSR count). The zero-order valence-corrected chi connectivity index (χ0v) is 63.7. The first-order chi connectivity index (χ1) is 47.6. The highest BCUT2D eigenvalue weighted by Crippen LogP contribution is 2.18. The van der Waals surface area contributed by atoms with Gasteiger partial charge in [-0.1, -0.05) is 353 Å². The summed E-state index contributed by atoms with van der Waals surface area (Å²) in [5, 5.41) is 9.77. The monoisotopic (exact) mass is 1350 g/mol. The van der Waals surface area contributed by atoms with Crippen LogP contribution in [0.4, 0.5) is 0 Å². The molecular formula is C88H152NO8+. The fourth-order valence-corrected chi connectivity index (χ4v) is 11.3. The van der Waals surface area contributed by atoms with Crippen LogP contribution in [0, 0.1) is 0 Å². The van der Waals surface area contributed by atoms with Gasteiger partial charge in [0.05, 0.1) is 34.4 Å². The number of carbonyl (C=O) groups excluding carboxylic acids is 2. The zero-order valence-electron chi connectivity index (χ0n) is 63.7. The van der Waals surface area contributed by atoms with Crippen molar-refractivity contribution in [1.82, 2.24) is 0 Å². The number of carboxylic acids is 1. The molecule has 0 aromatic rings. The minimum atomic E-state index is -1.52. The summed E-state index contributed by atoms with van der Waals surface area (Å²) in [6, 6.07) is 0. The number of aliphatic carboxylic acids is 1. The van der Waals surface area contributed by atoms with E-state index in [0.717, 1.165) is 122 Å². The van der Waals surface area contributed by atoms with Crippen LogP contribution in [0.5, 0.6) is 0 Å². The Kier molecular flexibility index (Phi) is 73.5. The van der Waals surface area contributed by atoms with E-state index in [2.05, 4.69) is 148 Å². The number of hydrogen-bond acceptors (Lipinski definition) is 7. The number of allylic oxidation sites excluding steroid dienone is 22. The summed E-state index contributed by atoms with van der Waals surface area (Å²) < 4.78 is 23.0. The molecule has 2 unspecified atom stereocenters. The van der Waals surface area contributed by atoms with E-state index in [1.807, 2.05) is 21.1 Å². The molecular weight excluding hydrogens is 1200 g/mol. The molecule has 0 aromatic heterocycles. The van der Waals surface area contributed by atoms with Gasteiger partial charge in [-0.2, -0.15) is 0 Å². The van der Waals surface area contributed by atoms with Crippen molar-refractivity contribution < 1.29 is 42.9 Å². The van der Waals surface area contributed by atoms with Gasteiger partial charge in [0.15, 0.2) is 6.10 Å². The van der Waals surface area contributed by atoms with Crippen molar-refractivity contribution in [1.29, 1.82) is 0 Å². The van der Waals surface area contributed by atoms with Crippen LogP contribution < -0.4 is 0 Å². The summed E-state index contributed by atoms with van der Waals surface area (Å²) in [5.74, 6) is -2.02. The van der Waals surface area contributed by atoms with E-state index in [-0.39, 0.29) is 32.2 Å². The summed E-state index contributed by atoms with van der Waals surface area (Å²) in [7, 11) is 5.98. The number of unbranched alkanes of at least 4 members (excludes halogenated alkanes) is 37. The Morgan fingerprint density at radius 1 is 0.320 bits per heavy atom. The van der Waals surface area contributed by atoms with Crippen LogP contribution in [-0.4, -0.2) is 87.4 Å². The second-order valence-electron chi connectivity index (χ2n) is 28.0. The average molecular weight is 1350 g/mol. The number of ether oxygens (including phenoxy) is 4. The second kappa shape index (κ2) is 77.2. The summed E-state index contributed by atoms with van der Waals surface area (Å²) in [4.78, 5) is 37.7. The molecule has 0 fully saturated rings. The normalized spacial score (nSPS) is 13.4. The van der Waals surface area contributed by atoms with E-state index in [1.54, 1.807) is 0 Å². The van der Waals surface area contributed by atoms with Gasteiger partial charge >= 0.3 is 17.9 Å². The molecule has 0 aliphatic heterocycles. The van der Waals surface area contributed by atoms with E-state index in [0.29, 0.717) is 23.9 Å². The molecule has 2 atom stereocenters. The van der Waals surface area contributed by atoms with E-state index in [9.17, 15) is 19.5 Å². The number of carboxylic acid groups (broad SMARTS) is 1. The van der Waals surface area contributed by atoms with E-state index >= 15 is 0 Å². The SMILES string of the molecule is CC/C=C\C/C=C\C/C=C\C/C=C\C/C=C\C/C=C\C/C=C\C/C=C\CCCCCCCCC(=O)OC(COC(=O)CCCCCCCCCCCCCCCCCCCCCCCCCCCC/C=C\C/C=C\C/C=C\CCCCCCC)COC(OCC[N+](C)(C)C)C(=O)O. The van der Waals surface area contributed by atoms with Gasteiger partial charge in [-0.05, 0) is 116 Å². The molecule has 0 radical (unpaired) electrons. The van der Waals surface area contributed by atoms with E-state index in [1.165, 1.54) is 193 Å². The van der Waals surface area contributed by atoms with Crippen LogP contribution >= 0.6 is 0 Å². The first-order valence-corrected chi connectivity index (χ1v) is 40.3. The van der Waals surface area contributed by atoms with Crippen molar-refractivity contribution >= 4 is 17.9 Å². The van der Waals surface area contributed by atoms with Crippen LogP contribution in [0.1, 0.15) is 348 Å². The molecule has 0 heterocycles. The molecule has 0 bridgehead atoms. The van der Waals surface area contributed by atoms with Crippen LogP contribution in [0.25, 0.3) is 0 Å². The summed E-state index contributed by atoms with van der Waals surface area (Å²) >= 11 is 0. The Hall–Kier alpha value is -4.57. The number of hydrogen-bond donors (Lipinski definition) is 1. The molecule has 0 aliphatic rings. The number of carbonyl (C=O) groups is 3. The molecule has 1 N–H and O–H groups in total. The fourth-order valence-electron chi connectivity index (χ4n) is 11.3. The Labute approximate surface area is 599 Å². The van der Waals surface area contributed by atoms with Crippen molar-refractivity contribution in [2.75, 3.05) is 47.5 Å². The Bertz CT molecular complexity index is 2060. The van der Waals surface area contributed by atoms with Crippen molar-refractivity contribution in [2.45, 2.75) is 360 Å². The fraction of sp³-hybridized carbons (Fsp3) is 0.716. The van der Waals surface area contributed by atoms with Gasteiger partial charge in [0.1, 0.15) is 13.2 Å². The van der Waals surface area contributed by atoms with E-state index in [4.69, 9.17) is 18.9 Å². The molecule has 0 saturated heterocycles. The molecule has 0 saturated carbocycles. The lowest BCUT2D eigenvalue weighted by Gasteiger charge is -2.25. The Balaban J connectivity index is 4.03. The molecule has 0 amide bonds. The number of quaternary nitrogens is 1. The maximum Gasteiger partial charge on any atom is 0.361 e. The molecule has 97 heavy (non-hydrogen) atoms. The Morgan fingerprint density at radius 2 is 0.588 bits per heavy atom. The molecule has 0 aromatic carbocycles. The van der Waals surface area contributed by atoms with Crippen LogP contribution in [0.2, 0.25) is 0 Å². The van der Waals surface area contributed by atoms with Crippen molar-refractivity contribution in [3.8, 4) is 0 Å². The first-order valence-electron chi connectivity index (χ1n) is 40.3. The van der Waals surface area contributed by atoms with Gasteiger partial charge in [-0.25, -0.2) is 4.79 Å². The molecule has 9 nitrogen and oxygen atoms in total. The highest BCUT2D eigenvalue weighted by molar-refractivity contribution is 5.71. The Morgan fingerprint density at radius 3 is 0.876 bits per heavy atom. The van der Waals surface area contributed by atoms with Gasteiger partial charge in [0.2, 0.25) is 0 Å². The molecule has 0 spiro atoms. The van der Waals surface area contributed by atoms with Gasteiger partial charge in [-0.15, -0.1) is 0 Å².